The van der Waals surface area contributed by atoms with E-state index in [0.717, 1.165) is 18.8 Å². The van der Waals surface area contributed by atoms with Crippen LogP contribution < -0.4 is 21.1 Å². The van der Waals surface area contributed by atoms with E-state index in [2.05, 4.69) is 34.9 Å². The van der Waals surface area contributed by atoms with E-state index in [4.69, 9.17) is 11.6 Å². The van der Waals surface area contributed by atoms with Gasteiger partial charge in [0.1, 0.15) is 0 Å². The summed E-state index contributed by atoms with van der Waals surface area (Å²) in [5.74, 6) is -1.17. The van der Waals surface area contributed by atoms with Crippen molar-refractivity contribution in [2.24, 2.45) is 0 Å². The first kappa shape index (κ1) is 24.2. The molecule has 2 aromatic carbocycles. The molecule has 0 atom stereocenters. The molecule has 0 bridgehead atoms. The summed E-state index contributed by atoms with van der Waals surface area (Å²) in [7, 11) is 1.62. The van der Waals surface area contributed by atoms with Crippen molar-refractivity contribution >= 4 is 40.7 Å². The zero-order chi connectivity index (χ0) is 22.8. The summed E-state index contributed by atoms with van der Waals surface area (Å²) in [6.45, 7) is 5.80. The first-order valence-electron chi connectivity index (χ1n) is 10.0. The molecular weight excluding hydrogens is 418 g/mol. The Labute approximate surface area is 187 Å². The lowest BCUT2D eigenvalue weighted by atomic mass is 10.2. The summed E-state index contributed by atoms with van der Waals surface area (Å²) in [5, 5.41) is 3.12. The van der Waals surface area contributed by atoms with Crippen LogP contribution in [0, 0.1) is 0 Å². The molecule has 0 spiro atoms. The Morgan fingerprint density at radius 3 is 2.10 bits per heavy atom. The van der Waals surface area contributed by atoms with Crippen LogP contribution in [0.4, 0.5) is 11.4 Å². The van der Waals surface area contributed by atoms with Crippen LogP contribution in [-0.4, -0.2) is 55.8 Å². The average molecular weight is 446 g/mol. The van der Waals surface area contributed by atoms with Crippen molar-refractivity contribution in [3.8, 4) is 0 Å². The molecule has 3 N–H and O–H groups in total. The number of amides is 3. The molecule has 9 heteroatoms. The van der Waals surface area contributed by atoms with E-state index in [1.54, 1.807) is 43.4 Å². The predicted molar refractivity (Wildman–Crippen MR) is 123 cm³/mol. The molecule has 3 amide bonds. The Bertz CT molecular complexity index is 900. The fourth-order valence-electron chi connectivity index (χ4n) is 2.95. The number of nitrogens with zero attached hydrogens (tertiary/aromatic N) is 2. The number of carbonyl (C=O) groups is 3. The van der Waals surface area contributed by atoms with E-state index in [1.165, 1.54) is 4.90 Å². The second-order valence-electron chi connectivity index (χ2n) is 6.92. The molecule has 0 aliphatic rings. The van der Waals surface area contributed by atoms with Crippen LogP contribution in [0.15, 0.2) is 48.5 Å². The molecule has 0 saturated heterocycles. The highest BCUT2D eigenvalue weighted by Crippen LogP contribution is 2.20. The minimum absolute atomic E-state index is 0.0145. The van der Waals surface area contributed by atoms with Gasteiger partial charge in [0.15, 0.2) is 0 Å². The SMILES string of the molecule is CCN(CC)c1ccc(C(=O)NNC(=O)CN(C)CC(=O)Nc2ccccc2Cl)cc1. The number of rotatable bonds is 9. The van der Waals surface area contributed by atoms with Gasteiger partial charge in [0.05, 0.1) is 23.8 Å². The van der Waals surface area contributed by atoms with E-state index in [0.29, 0.717) is 16.3 Å². The van der Waals surface area contributed by atoms with Gasteiger partial charge in [-0.1, -0.05) is 23.7 Å². The van der Waals surface area contributed by atoms with Gasteiger partial charge in [-0.05, 0) is 57.3 Å². The Balaban J connectivity index is 1.77. The van der Waals surface area contributed by atoms with Gasteiger partial charge in [-0.15, -0.1) is 0 Å². The van der Waals surface area contributed by atoms with Crippen LogP contribution in [0.5, 0.6) is 0 Å². The number of hydrazine groups is 1. The molecule has 31 heavy (non-hydrogen) atoms. The Hall–Kier alpha value is -3.10. The second-order valence-corrected chi connectivity index (χ2v) is 7.33. The van der Waals surface area contributed by atoms with Gasteiger partial charge in [0.2, 0.25) is 5.91 Å². The molecule has 2 rings (SSSR count). The first-order valence-corrected chi connectivity index (χ1v) is 10.4. The fraction of sp³-hybridized carbons (Fsp3) is 0.318. The van der Waals surface area contributed by atoms with Gasteiger partial charge in [0, 0.05) is 24.3 Å². The van der Waals surface area contributed by atoms with Gasteiger partial charge in [-0.2, -0.15) is 0 Å². The summed E-state index contributed by atoms with van der Waals surface area (Å²) in [6, 6.07) is 14.1. The van der Waals surface area contributed by atoms with Crippen LogP contribution in [-0.2, 0) is 9.59 Å². The number of nitrogens with one attached hydrogen (secondary N) is 3. The standard InChI is InChI=1S/C22H28ClN5O3/c1-4-28(5-2)17-12-10-16(11-13-17)22(31)26-25-21(30)15-27(3)14-20(29)24-19-9-7-6-8-18(19)23/h6-13H,4-5,14-15H2,1-3H3,(H,24,29)(H,25,30)(H,26,31). The highest BCUT2D eigenvalue weighted by Gasteiger charge is 2.13. The monoisotopic (exact) mass is 445 g/mol. The topological polar surface area (TPSA) is 93.8 Å². The van der Waals surface area contributed by atoms with Crippen LogP contribution in [0.2, 0.25) is 5.02 Å². The molecule has 0 aliphatic heterocycles. The number of para-hydroxylation sites is 1. The van der Waals surface area contributed by atoms with E-state index >= 15 is 0 Å². The quantitative estimate of drug-likeness (QED) is 0.516. The first-order chi connectivity index (χ1) is 14.8. The molecule has 0 radical (unpaired) electrons. The third-order valence-corrected chi connectivity index (χ3v) is 4.88. The Morgan fingerprint density at radius 1 is 0.871 bits per heavy atom. The number of halogens is 1. The minimum atomic E-state index is -0.443. The Kier molecular flexibility index (Phi) is 9.30. The summed E-state index contributed by atoms with van der Waals surface area (Å²) in [4.78, 5) is 40.1. The third kappa shape index (κ3) is 7.58. The van der Waals surface area contributed by atoms with Crippen molar-refractivity contribution < 1.29 is 14.4 Å². The summed E-state index contributed by atoms with van der Waals surface area (Å²) in [5.41, 5.74) is 6.71. The van der Waals surface area contributed by atoms with Gasteiger partial charge in [0.25, 0.3) is 11.8 Å². The van der Waals surface area contributed by atoms with Crippen molar-refractivity contribution in [2.75, 3.05) is 43.4 Å². The molecule has 8 nitrogen and oxygen atoms in total. The van der Waals surface area contributed by atoms with E-state index in [1.807, 2.05) is 12.1 Å². The average Bonchev–Trinajstić information content (AvgIpc) is 2.75. The smallest absolute Gasteiger partial charge is 0.269 e. The van der Waals surface area contributed by atoms with Crippen LogP contribution in [0.1, 0.15) is 24.2 Å². The zero-order valence-electron chi connectivity index (χ0n) is 17.9. The van der Waals surface area contributed by atoms with Gasteiger partial charge in [-0.25, -0.2) is 0 Å². The van der Waals surface area contributed by atoms with Crippen LogP contribution >= 0.6 is 11.6 Å². The number of benzene rings is 2. The molecule has 0 aromatic heterocycles. The van der Waals surface area contributed by atoms with Crippen molar-refractivity contribution in [2.45, 2.75) is 13.8 Å². The number of hydrogen-bond donors (Lipinski definition) is 3. The van der Waals surface area contributed by atoms with Gasteiger partial charge in [-0.3, -0.25) is 30.1 Å². The molecule has 166 valence electrons. The number of carbonyl (C=O) groups excluding carboxylic acids is 3. The predicted octanol–water partition coefficient (Wildman–Crippen LogP) is 2.52. The normalized spacial score (nSPS) is 10.5. The summed E-state index contributed by atoms with van der Waals surface area (Å²) in [6.07, 6.45) is 0. The molecule has 2 aromatic rings. The van der Waals surface area contributed by atoms with Gasteiger partial charge < -0.3 is 10.2 Å². The van der Waals surface area contributed by atoms with E-state index in [9.17, 15) is 14.4 Å². The second kappa shape index (κ2) is 11.9. The van der Waals surface area contributed by atoms with Crippen molar-refractivity contribution in [3.05, 3.63) is 59.1 Å². The third-order valence-electron chi connectivity index (χ3n) is 4.55. The summed E-state index contributed by atoms with van der Waals surface area (Å²) >= 11 is 6.01. The lowest BCUT2D eigenvalue weighted by molar-refractivity contribution is -0.123. The van der Waals surface area contributed by atoms with Crippen molar-refractivity contribution in [3.63, 3.8) is 0 Å². The maximum Gasteiger partial charge on any atom is 0.269 e. The van der Waals surface area contributed by atoms with Crippen LogP contribution in [0.25, 0.3) is 0 Å². The summed E-state index contributed by atoms with van der Waals surface area (Å²) < 4.78 is 0. The number of hydrogen-bond acceptors (Lipinski definition) is 5. The number of anilines is 2. The molecular formula is C22H28ClN5O3. The molecule has 0 saturated carbocycles. The highest BCUT2D eigenvalue weighted by molar-refractivity contribution is 6.33. The fourth-order valence-corrected chi connectivity index (χ4v) is 3.13. The maximum atomic E-state index is 12.2. The lowest BCUT2D eigenvalue weighted by Gasteiger charge is -2.21. The van der Waals surface area contributed by atoms with Crippen LogP contribution in [0.3, 0.4) is 0 Å². The van der Waals surface area contributed by atoms with E-state index < -0.39 is 11.8 Å². The Morgan fingerprint density at radius 2 is 1.48 bits per heavy atom. The lowest BCUT2D eigenvalue weighted by Crippen LogP contribution is -2.46. The molecule has 0 aliphatic carbocycles. The van der Waals surface area contributed by atoms with Crippen molar-refractivity contribution in [1.29, 1.82) is 0 Å². The molecule has 0 heterocycles. The molecule has 0 fully saturated rings. The maximum absolute atomic E-state index is 12.2. The minimum Gasteiger partial charge on any atom is -0.372 e. The van der Waals surface area contributed by atoms with Crippen molar-refractivity contribution in [1.82, 2.24) is 15.8 Å². The van der Waals surface area contributed by atoms with Gasteiger partial charge >= 0.3 is 0 Å². The largest absolute Gasteiger partial charge is 0.372 e. The van der Waals surface area contributed by atoms with E-state index in [-0.39, 0.29) is 19.0 Å². The highest BCUT2D eigenvalue weighted by atomic mass is 35.5. The zero-order valence-corrected chi connectivity index (χ0v) is 18.7. The number of likely N-dealkylation sites (N-methyl/N-ethyl adjacent to an activating group) is 1. The molecule has 0 unspecified atom stereocenters.